The van der Waals surface area contributed by atoms with Crippen molar-refractivity contribution < 1.29 is 9.59 Å². The van der Waals surface area contributed by atoms with Crippen LogP contribution >= 0.6 is 0 Å². The van der Waals surface area contributed by atoms with E-state index in [9.17, 15) is 9.59 Å². The van der Waals surface area contributed by atoms with E-state index in [0.717, 1.165) is 74.6 Å². The molecule has 0 radical (unpaired) electrons. The molecule has 2 N–H and O–H groups in total. The molecule has 0 aromatic heterocycles. The smallest absolute Gasteiger partial charge is 0.240 e. The van der Waals surface area contributed by atoms with Crippen molar-refractivity contribution in [3.8, 4) is 0 Å². The predicted molar refractivity (Wildman–Crippen MR) is 110 cm³/mol. The van der Waals surface area contributed by atoms with Crippen LogP contribution in [0, 0.1) is 23.7 Å². The highest BCUT2D eigenvalue weighted by Gasteiger charge is 2.38. The van der Waals surface area contributed by atoms with E-state index in [-0.39, 0.29) is 11.8 Å². The lowest BCUT2D eigenvalue weighted by Crippen LogP contribution is -2.35. The lowest BCUT2D eigenvalue weighted by molar-refractivity contribution is -0.122. The van der Waals surface area contributed by atoms with Gasteiger partial charge in [0.05, 0.1) is 0 Å². The highest BCUT2D eigenvalue weighted by molar-refractivity contribution is 5.96. The second kappa shape index (κ2) is 8.84. The monoisotopic (exact) mass is 382 g/mol. The number of allylic oxidation sites excluding steroid dienone is 4. The maximum Gasteiger partial charge on any atom is 0.240 e. The number of hydrazone groups is 2. The van der Waals surface area contributed by atoms with Gasteiger partial charge in [-0.1, -0.05) is 37.1 Å². The molecule has 2 fully saturated rings. The van der Waals surface area contributed by atoms with E-state index >= 15 is 0 Å². The molecule has 0 saturated heterocycles. The number of rotatable bonds is 9. The number of carbonyl (C=O) groups excluding carboxylic acids is 2. The van der Waals surface area contributed by atoms with E-state index in [0.29, 0.717) is 24.7 Å². The van der Waals surface area contributed by atoms with Crippen LogP contribution in [-0.4, -0.2) is 23.2 Å². The Morgan fingerprint density at radius 2 is 1.25 bits per heavy atom. The second-order valence-electron chi connectivity index (χ2n) is 8.50. The summed E-state index contributed by atoms with van der Waals surface area (Å²) in [6, 6.07) is 0. The number of fused-ring (bicyclic) bond motifs is 2. The summed E-state index contributed by atoms with van der Waals surface area (Å²) in [5, 5.41) is 8.55. The quantitative estimate of drug-likeness (QED) is 0.364. The fourth-order valence-electron chi connectivity index (χ4n) is 4.63. The Balaban J connectivity index is 1.01. The summed E-state index contributed by atoms with van der Waals surface area (Å²) in [6.07, 6.45) is 17.7. The standard InChI is InChI=1S/C22H30N4O2/c27-21(25-23-19-13-15-7-5-9-17(15)19)11-3-1-2-4-12-22(28)26-24-20-14-16-8-6-10-18(16)20/h5-6,9-10,15-18H,1-4,7-8,11-14H2,(H,25,27)(H,26,28). The molecule has 0 aromatic rings. The van der Waals surface area contributed by atoms with Crippen molar-refractivity contribution in [3.05, 3.63) is 24.3 Å². The van der Waals surface area contributed by atoms with Crippen LogP contribution in [0.4, 0.5) is 0 Å². The number of amides is 2. The van der Waals surface area contributed by atoms with Gasteiger partial charge in [-0.2, -0.15) is 10.2 Å². The van der Waals surface area contributed by atoms with Crippen molar-refractivity contribution in [1.82, 2.24) is 10.9 Å². The summed E-state index contributed by atoms with van der Waals surface area (Å²) in [7, 11) is 0. The third kappa shape index (κ3) is 4.42. The zero-order valence-corrected chi connectivity index (χ0v) is 16.4. The third-order valence-electron chi connectivity index (χ3n) is 6.50. The topological polar surface area (TPSA) is 82.9 Å². The van der Waals surface area contributed by atoms with E-state index in [1.807, 2.05) is 0 Å². The fraction of sp³-hybridized carbons (Fsp3) is 0.636. The van der Waals surface area contributed by atoms with Crippen LogP contribution in [0.15, 0.2) is 34.5 Å². The Labute approximate surface area is 166 Å². The molecule has 0 bridgehead atoms. The zero-order chi connectivity index (χ0) is 19.3. The molecule has 4 aliphatic carbocycles. The third-order valence-corrected chi connectivity index (χ3v) is 6.50. The van der Waals surface area contributed by atoms with Crippen LogP contribution < -0.4 is 10.9 Å². The minimum absolute atomic E-state index is 0.00809. The van der Waals surface area contributed by atoms with Crippen molar-refractivity contribution in [2.75, 3.05) is 0 Å². The van der Waals surface area contributed by atoms with Crippen molar-refractivity contribution in [2.24, 2.45) is 33.9 Å². The molecule has 0 heterocycles. The van der Waals surface area contributed by atoms with E-state index in [2.05, 4.69) is 45.4 Å². The molecule has 4 unspecified atom stereocenters. The normalized spacial score (nSPS) is 32.0. The van der Waals surface area contributed by atoms with Gasteiger partial charge in [0.1, 0.15) is 0 Å². The molecule has 2 amide bonds. The van der Waals surface area contributed by atoms with Gasteiger partial charge < -0.3 is 0 Å². The molecule has 0 spiro atoms. The zero-order valence-electron chi connectivity index (χ0n) is 16.4. The Bertz CT molecular complexity index is 675. The van der Waals surface area contributed by atoms with Crippen LogP contribution in [0.2, 0.25) is 0 Å². The van der Waals surface area contributed by atoms with E-state index in [4.69, 9.17) is 0 Å². The van der Waals surface area contributed by atoms with Gasteiger partial charge >= 0.3 is 0 Å². The molecule has 4 atom stereocenters. The highest BCUT2D eigenvalue weighted by Crippen LogP contribution is 2.40. The molecule has 28 heavy (non-hydrogen) atoms. The molecule has 0 aromatic carbocycles. The second-order valence-corrected chi connectivity index (χ2v) is 8.50. The maximum atomic E-state index is 11.9. The van der Waals surface area contributed by atoms with Gasteiger partial charge in [-0.25, -0.2) is 10.9 Å². The first-order valence-electron chi connectivity index (χ1n) is 10.7. The number of nitrogens with one attached hydrogen (secondary N) is 2. The van der Waals surface area contributed by atoms with Gasteiger partial charge in [0, 0.05) is 36.1 Å². The average Bonchev–Trinajstić information content (AvgIpc) is 3.21. The van der Waals surface area contributed by atoms with Gasteiger partial charge in [0.15, 0.2) is 0 Å². The number of carbonyl (C=O) groups is 2. The van der Waals surface area contributed by atoms with E-state index in [1.54, 1.807) is 0 Å². The predicted octanol–water partition coefficient (Wildman–Crippen LogP) is 3.46. The molecule has 0 aliphatic heterocycles. The lowest BCUT2D eigenvalue weighted by atomic mass is 9.74. The summed E-state index contributed by atoms with van der Waals surface area (Å²) in [6.45, 7) is 0. The van der Waals surface area contributed by atoms with Crippen LogP contribution in [0.1, 0.15) is 64.2 Å². The fourth-order valence-corrected chi connectivity index (χ4v) is 4.63. The van der Waals surface area contributed by atoms with Crippen molar-refractivity contribution >= 4 is 23.2 Å². The summed E-state index contributed by atoms with van der Waals surface area (Å²) >= 11 is 0. The first-order chi connectivity index (χ1) is 13.7. The molecule has 150 valence electrons. The SMILES string of the molecule is O=C(CCCCCCC(=O)NN=C1CC2CC=CC12)NN=C1CC2CC=CC12. The molecule has 4 aliphatic rings. The Hall–Kier alpha value is -2.24. The van der Waals surface area contributed by atoms with Crippen LogP contribution in [0.5, 0.6) is 0 Å². The van der Waals surface area contributed by atoms with Crippen LogP contribution in [-0.2, 0) is 9.59 Å². The number of hydrogen-bond acceptors (Lipinski definition) is 4. The Morgan fingerprint density at radius 1 is 0.786 bits per heavy atom. The minimum Gasteiger partial charge on any atom is -0.273 e. The molecular formula is C22H30N4O2. The van der Waals surface area contributed by atoms with Crippen LogP contribution in [0.25, 0.3) is 0 Å². The number of hydrogen-bond donors (Lipinski definition) is 2. The molecule has 4 rings (SSSR count). The van der Waals surface area contributed by atoms with Gasteiger partial charge in [0.25, 0.3) is 0 Å². The first kappa shape index (κ1) is 19.1. The van der Waals surface area contributed by atoms with E-state index in [1.165, 1.54) is 0 Å². The Morgan fingerprint density at radius 3 is 1.68 bits per heavy atom. The van der Waals surface area contributed by atoms with E-state index < -0.39 is 0 Å². The molecular weight excluding hydrogens is 352 g/mol. The van der Waals surface area contributed by atoms with Gasteiger partial charge in [0.2, 0.25) is 11.8 Å². The van der Waals surface area contributed by atoms with Crippen molar-refractivity contribution in [3.63, 3.8) is 0 Å². The van der Waals surface area contributed by atoms with Gasteiger partial charge in [-0.15, -0.1) is 0 Å². The number of nitrogens with zero attached hydrogens (tertiary/aromatic N) is 2. The highest BCUT2D eigenvalue weighted by atomic mass is 16.2. The van der Waals surface area contributed by atoms with Crippen LogP contribution in [0.3, 0.4) is 0 Å². The first-order valence-corrected chi connectivity index (χ1v) is 10.7. The summed E-state index contributed by atoms with van der Waals surface area (Å²) in [5.74, 6) is 2.38. The van der Waals surface area contributed by atoms with Crippen molar-refractivity contribution in [1.29, 1.82) is 0 Å². The molecule has 6 nitrogen and oxygen atoms in total. The van der Waals surface area contributed by atoms with Crippen molar-refractivity contribution in [2.45, 2.75) is 64.2 Å². The number of unbranched alkanes of at least 4 members (excludes halogenated alkanes) is 3. The summed E-state index contributed by atoms with van der Waals surface area (Å²) in [4.78, 5) is 23.7. The minimum atomic E-state index is -0.00809. The lowest BCUT2D eigenvalue weighted by Gasteiger charge is -2.31. The maximum absolute atomic E-state index is 11.9. The Kier molecular flexibility index (Phi) is 6.03. The van der Waals surface area contributed by atoms with Gasteiger partial charge in [-0.3, -0.25) is 9.59 Å². The largest absolute Gasteiger partial charge is 0.273 e. The molecule has 6 heteroatoms. The summed E-state index contributed by atoms with van der Waals surface area (Å²) in [5.41, 5.74) is 7.61. The van der Waals surface area contributed by atoms with Gasteiger partial charge in [-0.05, 0) is 50.4 Å². The summed E-state index contributed by atoms with van der Waals surface area (Å²) < 4.78 is 0. The molecule has 2 saturated carbocycles. The average molecular weight is 383 g/mol.